The van der Waals surface area contributed by atoms with E-state index in [2.05, 4.69) is 11.9 Å². The third-order valence-corrected chi connectivity index (χ3v) is 4.35. The SMILES string of the molecule is C=CC[C@H]1O[C@@H]2CO[C@H](c3ccccc3)O[C@H]2[C@H](O)[C@H]1NC(C)=O. The maximum atomic E-state index is 11.5. The summed E-state index contributed by atoms with van der Waals surface area (Å²) in [7, 11) is 0. The van der Waals surface area contributed by atoms with Crippen LogP contribution in [0.3, 0.4) is 0 Å². The van der Waals surface area contributed by atoms with E-state index in [-0.39, 0.29) is 18.1 Å². The van der Waals surface area contributed by atoms with Gasteiger partial charge in [-0.3, -0.25) is 4.79 Å². The molecule has 0 bridgehead atoms. The number of rotatable bonds is 4. The molecule has 24 heavy (non-hydrogen) atoms. The zero-order valence-electron chi connectivity index (χ0n) is 13.6. The molecule has 0 aliphatic carbocycles. The molecule has 2 N–H and O–H groups in total. The number of amides is 1. The third-order valence-electron chi connectivity index (χ3n) is 4.35. The van der Waals surface area contributed by atoms with Crippen LogP contribution in [-0.2, 0) is 19.0 Å². The van der Waals surface area contributed by atoms with Crippen LogP contribution in [0.5, 0.6) is 0 Å². The van der Waals surface area contributed by atoms with Crippen molar-refractivity contribution in [2.75, 3.05) is 6.61 Å². The van der Waals surface area contributed by atoms with Crippen molar-refractivity contribution in [3.63, 3.8) is 0 Å². The van der Waals surface area contributed by atoms with Gasteiger partial charge in [0.1, 0.15) is 18.3 Å². The monoisotopic (exact) mass is 333 g/mol. The third kappa shape index (κ3) is 3.52. The maximum Gasteiger partial charge on any atom is 0.217 e. The summed E-state index contributed by atoms with van der Waals surface area (Å²) < 4.78 is 17.7. The number of aliphatic hydroxyl groups is 1. The molecule has 0 aromatic heterocycles. The van der Waals surface area contributed by atoms with E-state index < -0.39 is 24.5 Å². The van der Waals surface area contributed by atoms with Gasteiger partial charge >= 0.3 is 0 Å². The minimum absolute atomic E-state index is 0.221. The summed E-state index contributed by atoms with van der Waals surface area (Å²) in [5, 5.41) is 13.5. The van der Waals surface area contributed by atoms with Crippen LogP contribution >= 0.6 is 0 Å². The number of fused-ring (bicyclic) bond motifs is 1. The number of aliphatic hydroxyl groups excluding tert-OH is 1. The Balaban J connectivity index is 1.77. The zero-order chi connectivity index (χ0) is 17.1. The van der Waals surface area contributed by atoms with Crippen LogP contribution in [0.2, 0.25) is 0 Å². The van der Waals surface area contributed by atoms with Crippen molar-refractivity contribution >= 4 is 5.91 Å². The second kappa shape index (κ2) is 7.44. The van der Waals surface area contributed by atoms with Crippen LogP contribution in [0.25, 0.3) is 0 Å². The first-order chi connectivity index (χ1) is 11.6. The molecule has 1 amide bonds. The molecule has 2 aliphatic heterocycles. The van der Waals surface area contributed by atoms with Crippen molar-refractivity contribution in [1.82, 2.24) is 5.32 Å². The molecule has 0 unspecified atom stereocenters. The predicted octanol–water partition coefficient (Wildman–Crippen LogP) is 1.31. The average molecular weight is 333 g/mol. The van der Waals surface area contributed by atoms with E-state index in [1.54, 1.807) is 6.08 Å². The lowest BCUT2D eigenvalue weighted by atomic mass is 9.90. The summed E-state index contributed by atoms with van der Waals surface area (Å²) >= 11 is 0. The summed E-state index contributed by atoms with van der Waals surface area (Å²) in [5.41, 5.74) is 0.882. The molecule has 3 rings (SSSR count). The summed E-state index contributed by atoms with van der Waals surface area (Å²) in [6, 6.07) is 9.00. The molecule has 6 nitrogen and oxygen atoms in total. The fraction of sp³-hybridized carbons (Fsp3) is 0.500. The summed E-state index contributed by atoms with van der Waals surface area (Å²) in [5.74, 6) is -0.221. The minimum atomic E-state index is -0.882. The highest BCUT2D eigenvalue weighted by Crippen LogP contribution is 2.34. The molecular formula is C18H23NO5. The van der Waals surface area contributed by atoms with Gasteiger partial charge in [-0.25, -0.2) is 0 Å². The fourth-order valence-corrected chi connectivity index (χ4v) is 3.26. The molecule has 2 heterocycles. The number of nitrogens with one attached hydrogen (secondary N) is 1. The molecule has 6 atom stereocenters. The fourth-order valence-electron chi connectivity index (χ4n) is 3.26. The van der Waals surface area contributed by atoms with Crippen molar-refractivity contribution in [1.29, 1.82) is 0 Å². The smallest absolute Gasteiger partial charge is 0.217 e. The Hall–Kier alpha value is -1.73. The van der Waals surface area contributed by atoms with Gasteiger partial charge in [0, 0.05) is 12.5 Å². The van der Waals surface area contributed by atoms with Crippen molar-refractivity contribution < 1.29 is 24.1 Å². The van der Waals surface area contributed by atoms with Crippen molar-refractivity contribution in [3.05, 3.63) is 48.6 Å². The predicted molar refractivity (Wildman–Crippen MR) is 87.1 cm³/mol. The van der Waals surface area contributed by atoms with Gasteiger partial charge in [0.25, 0.3) is 0 Å². The van der Waals surface area contributed by atoms with Gasteiger partial charge in [-0.15, -0.1) is 6.58 Å². The molecule has 2 aliphatic rings. The van der Waals surface area contributed by atoms with Crippen molar-refractivity contribution in [2.45, 2.75) is 50.1 Å². The average Bonchev–Trinajstić information content (AvgIpc) is 2.59. The normalized spacial score (nSPS) is 35.8. The largest absolute Gasteiger partial charge is 0.388 e. The number of benzene rings is 1. The van der Waals surface area contributed by atoms with E-state index in [0.29, 0.717) is 13.0 Å². The minimum Gasteiger partial charge on any atom is -0.388 e. The molecule has 6 heteroatoms. The molecule has 0 radical (unpaired) electrons. The molecule has 1 aromatic rings. The number of hydrogen-bond acceptors (Lipinski definition) is 5. The van der Waals surface area contributed by atoms with Gasteiger partial charge in [0.2, 0.25) is 5.91 Å². The van der Waals surface area contributed by atoms with E-state index in [9.17, 15) is 9.90 Å². The second-order valence-corrected chi connectivity index (χ2v) is 6.13. The first-order valence-electron chi connectivity index (χ1n) is 8.13. The standard InChI is InChI=1S/C18H23NO5/c1-3-7-13-15(19-11(2)20)16(21)17-14(23-13)10-22-18(24-17)12-8-5-4-6-9-12/h3-6,8-9,13-18,21H,1,7,10H2,2H3,(H,19,20)/t13-,14-,15+,16-,17-,18+/m1/s1. The molecule has 1 aromatic carbocycles. The molecule has 2 saturated heterocycles. The summed E-state index contributed by atoms with van der Waals surface area (Å²) in [4.78, 5) is 11.5. The number of carbonyl (C=O) groups is 1. The Morgan fingerprint density at radius 2 is 2.12 bits per heavy atom. The van der Waals surface area contributed by atoms with Crippen LogP contribution in [0, 0.1) is 0 Å². The molecule has 130 valence electrons. The Labute approximate surface area is 141 Å². The van der Waals surface area contributed by atoms with Gasteiger partial charge in [-0.05, 0) is 6.42 Å². The van der Waals surface area contributed by atoms with Crippen LogP contribution in [-0.4, -0.2) is 48.1 Å². The van der Waals surface area contributed by atoms with Crippen LogP contribution in [0.15, 0.2) is 43.0 Å². The maximum absolute atomic E-state index is 11.5. The highest BCUT2D eigenvalue weighted by atomic mass is 16.7. The van der Waals surface area contributed by atoms with Gasteiger partial charge in [-0.2, -0.15) is 0 Å². The lowest BCUT2D eigenvalue weighted by Crippen LogP contribution is -2.66. The number of ether oxygens (including phenoxy) is 3. The van der Waals surface area contributed by atoms with Crippen LogP contribution in [0.4, 0.5) is 0 Å². The Morgan fingerprint density at radius 3 is 2.79 bits per heavy atom. The molecular weight excluding hydrogens is 310 g/mol. The molecule has 2 fully saturated rings. The van der Waals surface area contributed by atoms with Gasteiger partial charge in [0.05, 0.1) is 18.8 Å². The number of hydrogen-bond donors (Lipinski definition) is 2. The zero-order valence-corrected chi connectivity index (χ0v) is 13.6. The number of carbonyl (C=O) groups excluding carboxylic acids is 1. The highest BCUT2D eigenvalue weighted by Gasteiger charge is 2.49. The topological polar surface area (TPSA) is 77.0 Å². The van der Waals surface area contributed by atoms with Crippen LogP contribution < -0.4 is 5.32 Å². The first kappa shape index (κ1) is 17.1. The quantitative estimate of drug-likeness (QED) is 0.813. The Morgan fingerprint density at radius 1 is 1.38 bits per heavy atom. The van der Waals surface area contributed by atoms with Gasteiger partial charge < -0.3 is 24.6 Å². The van der Waals surface area contributed by atoms with Gasteiger partial charge in [-0.1, -0.05) is 36.4 Å². The Kier molecular flexibility index (Phi) is 5.30. The summed E-state index contributed by atoms with van der Waals surface area (Å²) in [6.45, 7) is 5.45. The molecule has 0 saturated carbocycles. The molecule has 0 spiro atoms. The summed E-state index contributed by atoms with van der Waals surface area (Å²) in [6.07, 6.45) is -0.510. The van der Waals surface area contributed by atoms with E-state index in [1.807, 2.05) is 30.3 Å². The van der Waals surface area contributed by atoms with E-state index in [4.69, 9.17) is 14.2 Å². The van der Waals surface area contributed by atoms with Crippen molar-refractivity contribution in [3.8, 4) is 0 Å². The van der Waals surface area contributed by atoms with E-state index >= 15 is 0 Å². The van der Waals surface area contributed by atoms with E-state index in [0.717, 1.165) is 5.56 Å². The second-order valence-electron chi connectivity index (χ2n) is 6.13. The highest BCUT2D eigenvalue weighted by molar-refractivity contribution is 5.73. The lowest BCUT2D eigenvalue weighted by molar-refractivity contribution is -0.314. The van der Waals surface area contributed by atoms with Gasteiger partial charge in [0.15, 0.2) is 6.29 Å². The van der Waals surface area contributed by atoms with E-state index in [1.165, 1.54) is 6.92 Å². The van der Waals surface area contributed by atoms with Crippen LogP contribution in [0.1, 0.15) is 25.2 Å². The lowest BCUT2D eigenvalue weighted by Gasteiger charge is -2.48. The first-order valence-corrected chi connectivity index (χ1v) is 8.13. The Bertz CT molecular complexity index is 578. The van der Waals surface area contributed by atoms with Crippen molar-refractivity contribution in [2.24, 2.45) is 0 Å².